The molecule has 0 radical (unpaired) electrons. The first-order chi connectivity index (χ1) is 13.3. The molecule has 0 saturated heterocycles. The SMILES string of the molecule is Cc1cc(C)n(Cc2cccc(NC(=O)CNC(=O)c3cc(C)n(C)n3)c2)n1. The van der Waals surface area contributed by atoms with E-state index in [1.54, 1.807) is 17.8 Å². The predicted molar refractivity (Wildman–Crippen MR) is 106 cm³/mol. The topological polar surface area (TPSA) is 93.8 Å². The highest BCUT2D eigenvalue weighted by molar-refractivity contribution is 5.98. The summed E-state index contributed by atoms with van der Waals surface area (Å²) in [5, 5.41) is 13.9. The third-order valence-corrected chi connectivity index (χ3v) is 4.40. The summed E-state index contributed by atoms with van der Waals surface area (Å²) in [6.07, 6.45) is 0. The first kappa shape index (κ1) is 19.3. The minimum Gasteiger partial charge on any atom is -0.342 e. The van der Waals surface area contributed by atoms with Crippen LogP contribution in [0.2, 0.25) is 0 Å². The summed E-state index contributed by atoms with van der Waals surface area (Å²) in [5.74, 6) is -0.679. The monoisotopic (exact) mass is 380 g/mol. The van der Waals surface area contributed by atoms with Crippen LogP contribution < -0.4 is 10.6 Å². The summed E-state index contributed by atoms with van der Waals surface area (Å²) in [6.45, 7) is 6.32. The van der Waals surface area contributed by atoms with Gasteiger partial charge in [-0.05, 0) is 50.6 Å². The number of benzene rings is 1. The maximum absolute atomic E-state index is 12.2. The van der Waals surface area contributed by atoms with E-state index in [2.05, 4.69) is 20.8 Å². The number of aromatic nitrogens is 4. The Morgan fingerprint density at radius 1 is 1.04 bits per heavy atom. The van der Waals surface area contributed by atoms with Crippen molar-refractivity contribution in [1.29, 1.82) is 0 Å². The van der Waals surface area contributed by atoms with E-state index in [0.717, 1.165) is 22.6 Å². The summed E-state index contributed by atoms with van der Waals surface area (Å²) in [7, 11) is 1.76. The number of anilines is 1. The Hall–Kier alpha value is -3.42. The maximum atomic E-state index is 12.2. The molecule has 1 aromatic carbocycles. The third kappa shape index (κ3) is 4.64. The Labute approximate surface area is 163 Å². The lowest BCUT2D eigenvalue weighted by molar-refractivity contribution is -0.115. The second-order valence-electron chi connectivity index (χ2n) is 6.81. The number of rotatable bonds is 6. The molecule has 0 aliphatic heterocycles. The number of hydrogen-bond acceptors (Lipinski definition) is 4. The molecule has 2 heterocycles. The molecular weight excluding hydrogens is 356 g/mol. The molecule has 0 fully saturated rings. The van der Waals surface area contributed by atoms with Gasteiger partial charge in [0.05, 0.1) is 18.8 Å². The number of nitrogens with one attached hydrogen (secondary N) is 2. The average molecular weight is 380 g/mol. The van der Waals surface area contributed by atoms with Gasteiger partial charge in [-0.25, -0.2) is 0 Å². The summed E-state index contributed by atoms with van der Waals surface area (Å²) in [5.41, 5.74) is 4.91. The van der Waals surface area contributed by atoms with E-state index in [9.17, 15) is 9.59 Å². The molecule has 0 saturated carbocycles. The summed E-state index contributed by atoms with van der Waals surface area (Å²) in [6, 6.07) is 11.3. The Morgan fingerprint density at radius 2 is 1.82 bits per heavy atom. The van der Waals surface area contributed by atoms with Crippen LogP contribution in [-0.2, 0) is 18.4 Å². The van der Waals surface area contributed by atoms with Gasteiger partial charge in [-0.15, -0.1) is 0 Å². The van der Waals surface area contributed by atoms with Gasteiger partial charge in [-0.2, -0.15) is 10.2 Å². The molecule has 146 valence electrons. The van der Waals surface area contributed by atoms with Gasteiger partial charge in [0.2, 0.25) is 5.91 Å². The van der Waals surface area contributed by atoms with Gasteiger partial charge in [0.1, 0.15) is 5.69 Å². The van der Waals surface area contributed by atoms with Crippen molar-refractivity contribution in [3.8, 4) is 0 Å². The molecule has 3 rings (SSSR count). The molecule has 0 unspecified atom stereocenters. The molecule has 2 aromatic heterocycles. The minimum absolute atomic E-state index is 0.129. The van der Waals surface area contributed by atoms with Crippen LogP contribution >= 0.6 is 0 Å². The highest BCUT2D eigenvalue weighted by Gasteiger charge is 2.12. The van der Waals surface area contributed by atoms with Gasteiger partial charge in [-0.3, -0.25) is 19.0 Å². The smallest absolute Gasteiger partial charge is 0.272 e. The molecule has 0 bridgehead atoms. The fourth-order valence-corrected chi connectivity index (χ4v) is 2.88. The van der Waals surface area contributed by atoms with Crippen LogP contribution in [0.4, 0.5) is 5.69 Å². The van der Waals surface area contributed by atoms with Gasteiger partial charge in [-0.1, -0.05) is 12.1 Å². The van der Waals surface area contributed by atoms with Crippen LogP contribution in [0.25, 0.3) is 0 Å². The number of carbonyl (C=O) groups is 2. The zero-order valence-corrected chi connectivity index (χ0v) is 16.5. The Bertz CT molecular complexity index is 998. The average Bonchev–Trinajstić information content (AvgIpc) is 3.14. The molecule has 8 nitrogen and oxygen atoms in total. The van der Waals surface area contributed by atoms with E-state index >= 15 is 0 Å². The highest BCUT2D eigenvalue weighted by Crippen LogP contribution is 2.13. The van der Waals surface area contributed by atoms with E-state index in [1.165, 1.54) is 0 Å². The fourth-order valence-electron chi connectivity index (χ4n) is 2.88. The van der Waals surface area contributed by atoms with Crippen LogP contribution in [0.15, 0.2) is 36.4 Å². The Kier molecular flexibility index (Phi) is 5.58. The van der Waals surface area contributed by atoms with Crippen LogP contribution in [0.3, 0.4) is 0 Å². The molecule has 0 aliphatic rings. The first-order valence-corrected chi connectivity index (χ1v) is 9.00. The number of carbonyl (C=O) groups excluding carboxylic acids is 2. The normalized spacial score (nSPS) is 10.7. The Balaban J connectivity index is 1.56. The van der Waals surface area contributed by atoms with Crippen molar-refractivity contribution < 1.29 is 9.59 Å². The van der Waals surface area contributed by atoms with E-state index in [1.807, 2.05) is 55.8 Å². The van der Waals surface area contributed by atoms with Crippen molar-refractivity contribution in [3.05, 3.63) is 64.7 Å². The summed E-state index contributed by atoms with van der Waals surface area (Å²) < 4.78 is 3.54. The Morgan fingerprint density at radius 3 is 2.46 bits per heavy atom. The van der Waals surface area contributed by atoms with Crippen molar-refractivity contribution in [3.63, 3.8) is 0 Å². The lowest BCUT2D eigenvalue weighted by Gasteiger charge is -2.09. The zero-order chi connectivity index (χ0) is 20.3. The number of hydrogen-bond donors (Lipinski definition) is 2. The van der Waals surface area contributed by atoms with Gasteiger partial charge in [0.25, 0.3) is 5.91 Å². The standard InChI is InChI=1S/C20H24N6O2/c1-13-8-15(3)26(23-13)12-16-6-5-7-17(10-16)22-19(27)11-21-20(28)18-9-14(2)25(4)24-18/h5-10H,11-12H2,1-4H3,(H,21,28)(H,22,27). The van der Waals surface area contributed by atoms with Gasteiger partial charge >= 0.3 is 0 Å². The quantitative estimate of drug-likeness (QED) is 0.684. The second-order valence-corrected chi connectivity index (χ2v) is 6.81. The number of aryl methyl sites for hydroxylation is 4. The molecule has 3 aromatic rings. The zero-order valence-electron chi connectivity index (χ0n) is 16.5. The second kappa shape index (κ2) is 8.08. The van der Waals surface area contributed by atoms with Gasteiger partial charge in [0.15, 0.2) is 0 Å². The lowest BCUT2D eigenvalue weighted by Crippen LogP contribution is -2.33. The van der Waals surface area contributed by atoms with Crippen molar-refractivity contribution >= 4 is 17.5 Å². The third-order valence-electron chi connectivity index (χ3n) is 4.40. The molecule has 0 aliphatic carbocycles. The molecule has 8 heteroatoms. The van der Waals surface area contributed by atoms with Crippen LogP contribution in [-0.4, -0.2) is 37.9 Å². The van der Waals surface area contributed by atoms with Crippen LogP contribution in [0, 0.1) is 20.8 Å². The molecule has 2 amide bonds. The van der Waals surface area contributed by atoms with E-state index in [4.69, 9.17) is 0 Å². The fraction of sp³-hybridized carbons (Fsp3) is 0.300. The van der Waals surface area contributed by atoms with Crippen molar-refractivity contribution in [2.24, 2.45) is 7.05 Å². The molecule has 2 N–H and O–H groups in total. The van der Waals surface area contributed by atoms with Gasteiger partial charge in [0, 0.05) is 24.1 Å². The van der Waals surface area contributed by atoms with Crippen molar-refractivity contribution in [2.75, 3.05) is 11.9 Å². The molecule has 28 heavy (non-hydrogen) atoms. The van der Waals surface area contributed by atoms with Crippen molar-refractivity contribution in [2.45, 2.75) is 27.3 Å². The van der Waals surface area contributed by atoms with Gasteiger partial charge < -0.3 is 10.6 Å². The number of nitrogens with zero attached hydrogens (tertiary/aromatic N) is 4. The maximum Gasteiger partial charge on any atom is 0.272 e. The van der Waals surface area contributed by atoms with E-state index < -0.39 is 0 Å². The van der Waals surface area contributed by atoms with Crippen LogP contribution in [0.1, 0.15) is 33.1 Å². The first-order valence-electron chi connectivity index (χ1n) is 9.00. The predicted octanol–water partition coefficient (Wildman–Crippen LogP) is 1.96. The van der Waals surface area contributed by atoms with Crippen LogP contribution in [0.5, 0.6) is 0 Å². The minimum atomic E-state index is -0.378. The molecule has 0 atom stereocenters. The lowest BCUT2D eigenvalue weighted by atomic mass is 10.2. The summed E-state index contributed by atoms with van der Waals surface area (Å²) in [4.78, 5) is 24.3. The largest absolute Gasteiger partial charge is 0.342 e. The molecule has 0 spiro atoms. The number of amides is 2. The van der Waals surface area contributed by atoms with E-state index in [-0.39, 0.29) is 18.4 Å². The molecular formula is C20H24N6O2. The van der Waals surface area contributed by atoms with E-state index in [0.29, 0.717) is 17.9 Å². The summed E-state index contributed by atoms with van der Waals surface area (Å²) >= 11 is 0. The highest BCUT2D eigenvalue weighted by atomic mass is 16.2. The van der Waals surface area contributed by atoms with Crippen molar-refractivity contribution in [1.82, 2.24) is 24.9 Å².